The molecule has 0 radical (unpaired) electrons. The molecule has 0 aliphatic rings. The lowest BCUT2D eigenvalue weighted by molar-refractivity contribution is -0.138. The molecule has 0 aromatic heterocycles. The van der Waals surface area contributed by atoms with Gasteiger partial charge in [0.05, 0.1) is 19.1 Å². The second-order valence-corrected chi connectivity index (χ2v) is 17.7. The average Bonchev–Trinajstić information content (AvgIpc) is 3.21. The van der Waals surface area contributed by atoms with E-state index in [1.807, 2.05) is 13.8 Å². The summed E-state index contributed by atoms with van der Waals surface area (Å²) in [7, 11) is 0. The van der Waals surface area contributed by atoms with Crippen molar-refractivity contribution in [3.05, 3.63) is 29.8 Å². The van der Waals surface area contributed by atoms with Crippen LogP contribution in [0.1, 0.15) is 123 Å². The number of aliphatic carboxylic acids is 2. The second kappa shape index (κ2) is 32.3. The summed E-state index contributed by atoms with van der Waals surface area (Å²) in [6, 6.07) is 0.997. The fourth-order valence-corrected chi connectivity index (χ4v) is 7.12. The molecule has 0 aliphatic carbocycles. The number of aliphatic hydroxyl groups excluding tert-OH is 1. The molecule has 374 valence electrons. The van der Waals surface area contributed by atoms with Crippen molar-refractivity contribution < 1.29 is 58.8 Å². The number of nitrogens with two attached hydrogens (primary N) is 3. The Kier molecular flexibility index (Phi) is 28.7. The largest absolute Gasteiger partial charge is 0.508 e. The summed E-state index contributed by atoms with van der Waals surface area (Å²) in [6.45, 7) is 7.45. The van der Waals surface area contributed by atoms with Crippen LogP contribution in [-0.4, -0.2) is 130 Å². The summed E-state index contributed by atoms with van der Waals surface area (Å²) in [4.78, 5) is 102. The fraction of sp³-hybridized carbons (Fsp3) is 0.689. The highest BCUT2D eigenvalue weighted by atomic mass is 16.4. The van der Waals surface area contributed by atoms with E-state index in [1.165, 1.54) is 12.1 Å². The number of unbranched alkanes of at least 4 members (excludes halogenated alkanes) is 1. The maximum atomic E-state index is 13.4. The number of carbonyl (C=O) groups is 8. The Hall–Kier alpha value is -5.38. The van der Waals surface area contributed by atoms with Gasteiger partial charge in [-0.2, -0.15) is 0 Å². The molecular formula is C45H77N9O12. The van der Waals surface area contributed by atoms with Crippen LogP contribution in [0.2, 0.25) is 0 Å². The molecule has 21 heteroatoms. The van der Waals surface area contributed by atoms with Crippen LogP contribution in [0, 0.1) is 11.8 Å². The van der Waals surface area contributed by atoms with E-state index in [1.54, 1.807) is 26.0 Å². The van der Waals surface area contributed by atoms with Crippen LogP contribution in [0.25, 0.3) is 0 Å². The third-order valence-corrected chi connectivity index (χ3v) is 10.9. The van der Waals surface area contributed by atoms with Crippen molar-refractivity contribution >= 4 is 47.4 Å². The van der Waals surface area contributed by atoms with Crippen LogP contribution < -0.4 is 49.1 Å². The molecule has 1 aromatic rings. The molecular weight excluding hydrogens is 859 g/mol. The summed E-state index contributed by atoms with van der Waals surface area (Å²) in [5, 5.41) is 54.8. The maximum Gasteiger partial charge on any atom is 0.305 e. The molecule has 0 spiro atoms. The lowest BCUT2D eigenvalue weighted by Gasteiger charge is -2.26. The highest BCUT2D eigenvalue weighted by molar-refractivity contribution is 5.84. The first-order valence-electron chi connectivity index (χ1n) is 22.9. The molecule has 0 aliphatic heterocycles. The van der Waals surface area contributed by atoms with Gasteiger partial charge in [0, 0.05) is 81.2 Å². The van der Waals surface area contributed by atoms with Crippen LogP contribution in [0.15, 0.2) is 24.3 Å². The Morgan fingerprint density at radius 1 is 0.515 bits per heavy atom. The molecule has 21 nitrogen and oxygen atoms in total. The smallest absolute Gasteiger partial charge is 0.305 e. The number of carboxylic acids is 2. The summed E-state index contributed by atoms with van der Waals surface area (Å²) >= 11 is 0. The minimum absolute atomic E-state index is 0.0236. The number of benzene rings is 1. The van der Waals surface area contributed by atoms with Gasteiger partial charge in [-0.25, -0.2) is 0 Å². The van der Waals surface area contributed by atoms with Gasteiger partial charge >= 0.3 is 11.9 Å². The molecule has 0 saturated heterocycles. The van der Waals surface area contributed by atoms with Gasteiger partial charge in [0.25, 0.3) is 0 Å². The van der Waals surface area contributed by atoms with Crippen LogP contribution >= 0.6 is 0 Å². The monoisotopic (exact) mass is 936 g/mol. The Morgan fingerprint density at radius 3 is 1.42 bits per heavy atom. The van der Waals surface area contributed by atoms with E-state index in [-0.39, 0.29) is 93.9 Å². The lowest BCUT2D eigenvalue weighted by Crippen LogP contribution is -2.48. The van der Waals surface area contributed by atoms with Crippen molar-refractivity contribution in [2.75, 3.05) is 19.7 Å². The summed E-state index contributed by atoms with van der Waals surface area (Å²) in [6.07, 6.45) is 1.21. The second-order valence-electron chi connectivity index (χ2n) is 17.7. The van der Waals surface area contributed by atoms with E-state index in [0.29, 0.717) is 31.4 Å². The summed E-state index contributed by atoms with van der Waals surface area (Å²) < 4.78 is 0. The fourth-order valence-electron chi connectivity index (χ4n) is 7.12. The van der Waals surface area contributed by atoms with Crippen LogP contribution in [0.4, 0.5) is 0 Å². The highest BCUT2D eigenvalue weighted by Crippen LogP contribution is 2.15. The molecule has 1 rings (SSSR count). The van der Waals surface area contributed by atoms with Gasteiger partial charge < -0.3 is 69.5 Å². The van der Waals surface area contributed by atoms with Crippen molar-refractivity contribution in [1.29, 1.82) is 0 Å². The van der Waals surface area contributed by atoms with Gasteiger partial charge in [-0.1, -0.05) is 46.2 Å². The number of aliphatic hydroxyl groups is 1. The predicted molar refractivity (Wildman–Crippen MR) is 246 cm³/mol. The molecule has 0 fully saturated rings. The zero-order valence-electron chi connectivity index (χ0n) is 39.0. The SMILES string of the molecule is CC(C)[C@@H](CC(=O)N[C@@H](CCCN)CC(=O)N[C@@H](CCC(=O)O)CC(=O)N[C@H](CC(=O)N[C@@H](CO)CC(=O)N[C@H](CC(=O)O)Cc1ccc(O)cc1)C(C)C)NC(=O)C[C@@H](N)CCCCN. The zero-order valence-corrected chi connectivity index (χ0v) is 39.0. The van der Waals surface area contributed by atoms with Gasteiger partial charge in [0.15, 0.2) is 0 Å². The molecule has 1 aromatic carbocycles. The first kappa shape index (κ1) is 58.6. The number of carboxylic acid groups (broad SMARTS) is 2. The number of aromatic hydroxyl groups is 1. The Morgan fingerprint density at radius 2 is 0.955 bits per heavy atom. The van der Waals surface area contributed by atoms with Crippen LogP contribution in [0.3, 0.4) is 0 Å². The minimum Gasteiger partial charge on any atom is -0.508 e. The summed E-state index contributed by atoms with van der Waals surface area (Å²) in [5.74, 6) is -5.71. The van der Waals surface area contributed by atoms with Crippen molar-refractivity contribution in [3.8, 4) is 5.75 Å². The standard InChI is InChI=1S/C45H77N9O12/c1-27(2)36(53-38(57)19-30(48)8-5-6-16-46)24-42(61)49-31(9-7-17-47)20-39(58)50-32(12-15-44(63)64)21-41(60)54-37(28(3)4)25-43(62)52-34(26-55)22-40(59)51-33(23-45(65)66)18-29-10-13-35(56)14-11-29/h10-11,13-14,27-28,30-34,36-37,55-56H,5-9,12,15-26,46-48H2,1-4H3,(H,49,61)(H,50,58)(H,51,59)(H,52,62)(H,53,57)(H,54,60)(H,63,64)(H,65,66)/t30-,31-,32-,33-,34+,36+,37+/m0/s1. The number of hydrogen-bond donors (Lipinski definition) is 13. The molecule has 0 heterocycles. The van der Waals surface area contributed by atoms with Crippen molar-refractivity contribution in [3.63, 3.8) is 0 Å². The Balaban J connectivity index is 2.91. The zero-order chi connectivity index (χ0) is 49.8. The highest BCUT2D eigenvalue weighted by Gasteiger charge is 2.28. The number of carbonyl (C=O) groups excluding carboxylic acids is 6. The average molecular weight is 936 g/mol. The number of rotatable bonds is 35. The van der Waals surface area contributed by atoms with Gasteiger partial charge in [0.2, 0.25) is 35.4 Å². The number of nitrogens with one attached hydrogen (secondary N) is 6. The van der Waals surface area contributed by atoms with Crippen molar-refractivity contribution in [2.24, 2.45) is 29.0 Å². The third-order valence-electron chi connectivity index (χ3n) is 10.9. The minimum atomic E-state index is -1.15. The maximum absolute atomic E-state index is 13.4. The van der Waals surface area contributed by atoms with Crippen LogP contribution in [0.5, 0.6) is 5.75 Å². The van der Waals surface area contributed by atoms with E-state index in [9.17, 15) is 58.8 Å². The third kappa shape index (κ3) is 27.2. The Labute approximate surface area is 387 Å². The molecule has 0 unspecified atom stereocenters. The van der Waals surface area contributed by atoms with E-state index < -0.39 is 90.8 Å². The van der Waals surface area contributed by atoms with E-state index in [4.69, 9.17) is 17.2 Å². The van der Waals surface area contributed by atoms with Crippen molar-refractivity contribution in [1.82, 2.24) is 31.9 Å². The first-order chi connectivity index (χ1) is 31.1. The van der Waals surface area contributed by atoms with Gasteiger partial charge in [-0.3, -0.25) is 38.4 Å². The quantitative estimate of drug-likeness (QED) is 0.0399. The number of phenols is 1. The molecule has 0 bridgehead atoms. The molecule has 0 saturated carbocycles. The normalized spacial score (nSPS) is 14.5. The van der Waals surface area contributed by atoms with E-state index in [2.05, 4.69) is 31.9 Å². The number of phenolic OH excluding ortho intramolecular Hbond substituents is 1. The number of amides is 6. The Bertz CT molecular complexity index is 1680. The van der Waals surface area contributed by atoms with E-state index >= 15 is 0 Å². The van der Waals surface area contributed by atoms with Gasteiger partial charge in [-0.05, 0) is 81.1 Å². The molecule has 6 amide bonds. The molecule has 7 atom stereocenters. The first-order valence-corrected chi connectivity index (χ1v) is 22.9. The van der Waals surface area contributed by atoms with E-state index in [0.717, 1.165) is 12.8 Å². The topological polar surface area (TPSA) is 368 Å². The predicted octanol–water partition coefficient (Wildman–Crippen LogP) is 0.0231. The molecule has 66 heavy (non-hydrogen) atoms. The van der Waals surface area contributed by atoms with Gasteiger partial charge in [0.1, 0.15) is 5.75 Å². The lowest BCUT2D eigenvalue weighted by atomic mass is 9.98. The van der Waals surface area contributed by atoms with Crippen LogP contribution in [-0.2, 0) is 44.8 Å². The molecule has 16 N–H and O–H groups in total. The van der Waals surface area contributed by atoms with Crippen molar-refractivity contribution in [2.45, 2.75) is 166 Å². The summed E-state index contributed by atoms with van der Waals surface area (Å²) in [5.41, 5.74) is 18.1. The number of hydrogen-bond acceptors (Lipinski definition) is 13. The van der Waals surface area contributed by atoms with Gasteiger partial charge in [-0.15, -0.1) is 0 Å².